The van der Waals surface area contributed by atoms with Crippen molar-refractivity contribution in [2.45, 2.75) is 25.2 Å². The number of halogens is 1. The van der Waals surface area contributed by atoms with E-state index < -0.39 is 0 Å². The average molecular weight is 400 g/mol. The van der Waals surface area contributed by atoms with Crippen molar-refractivity contribution in [3.8, 4) is 17.1 Å². The van der Waals surface area contributed by atoms with Crippen LogP contribution in [0.4, 0.5) is 4.39 Å². The lowest BCUT2D eigenvalue weighted by Crippen LogP contribution is -2.24. The van der Waals surface area contributed by atoms with E-state index in [2.05, 4.69) is 15.5 Å². The topological polar surface area (TPSA) is 69.0 Å². The molecule has 0 aliphatic heterocycles. The van der Waals surface area contributed by atoms with Crippen molar-refractivity contribution in [2.75, 3.05) is 12.9 Å². The highest BCUT2D eigenvalue weighted by molar-refractivity contribution is 7.99. The predicted molar refractivity (Wildman–Crippen MR) is 107 cm³/mol. The lowest BCUT2D eigenvalue weighted by atomic mass is 10.2. The fraction of sp³-hybridized carbons (Fsp3) is 0.250. The maximum atomic E-state index is 13.5. The molecule has 2 aromatic carbocycles. The minimum Gasteiger partial charge on any atom is -0.497 e. The zero-order valence-corrected chi connectivity index (χ0v) is 16.5. The van der Waals surface area contributed by atoms with E-state index in [0.29, 0.717) is 29.6 Å². The molecule has 1 N–H and O–H groups in total. The van der Waals surface area contributed by atoms with Crippen LogP contribution >= 0.6 is 11.8 Å². The molecule has 0 fully saturated rings. The molecule has 1 aromatic heterocycles. The Kier molecular flexibility index (Phi) is 6.65. The van der Waals surface area contributed by atoms with E-state index in [0.717, 1.165) is 11.3 Å². The van der Waals surface area contributed by atoms with Crippen LogP contribution in [-0.2, 0) is 17.9 Å². The normalized spacial score (nSPS) is 10.7. The van der Waals surface area contributed by atoms with Crippen LogP contribution in [0.3, 0.4) is 0 Å². The number of amides is 1. The van der Waals surface area contributed by atoms with Gasteiger partial charge < -0.3 is 14.6 Å². The second-order valence-electron chi connectivity index (χ2n) is 5.97. The fourth-order valence-corrected chi connectivity index (χ4v) is 3.48. The largest absolute Gasteiger partial charge is 0.497 e. The number of carbonyl (C=O) groups excluding carboxylic acids is 1. The monoisotopic (exact) mass is 400 g/mol. The summed E-state index contributed by atoms with van der Waals surface area (Å²) in [7, 11) is 1.61. The van der Waals surface area contributed by atoms with Gasteiger partial charge in [0.25, 0.3) is 0 Å². The van der Waals surface area contributed by atoms with Crippen molar-refractivity contribution in [1.82, 2.24) is 20.1 Å². The first-order valence-electron chi connectivity index (χ1n) is 8.82. The molecule has 3 rings (SSSR count). The van der Waals surface area contributed by atoms with E-state index in [1.54, 1.807) is 19.2 Å². The van der Waals surface area contributed by atoms with Gasteiger partial charge in [-0.1, -0.05) is 36.0 Å². The Morgan fingerprint density at radius 3 is 2.68 bits per heavy atom. The first-order valence-corrected chi connectivity index (χ1v) is 9.81. The van der Waals surface area contributed by atoms with Gasteiger partial charge in [-0.25, -0.2) is 4.39 Å². The van der Waals surface area contributed by atoms with Crippen LogP contribution in [0.2, 0.25) is 0 Å². The molecular weight excluding hydrogens is 379 g/mol. The SMILES string of the molecule is CCn1c(SCC(=O)NCc2ccc(OC)cc2)nnc1-c1cccc(F)c1. The Bertz CT molecular complexity index is 944. The molecule has 6 nitrogen and oxygen atoms in total. The summed E-state index contributed by atoms with van der Waals surface area (Å²) in [5.74, 6) is 1.16. The van der Waals surface area contributed by atoms with Crippen LogP contribution in [0.1, 0.15) is 12.5 Å². The number of methoxy groups -OCH3 is 1. The molecule has 0 unspecified atom stereocenters. The van der Waals surface area contributed by atoms with Crippen LogP contribution in [0, 0.1) is 5.82 Å². The summed E-state index contributed by atoms with van der Waals surface area (Å²) in [6, 6.07) is 13.8. The number of nitrogens with one attached hydrogen (secondary N) is 1. The van der Waals surface area contributed by atoms with Gasteiger partial charge in [0.15, 0.2) is 11.0 Å². The predicted octanol–water partition coefficient (Wildman–Crippen LogP) is 3.52. The van der Waals surface area contributed by atoms with Crippen molar-refractivity contribution in [1.29, 1.82) is 0 Å². The molecule has 0 bridgehead atoms. The number of thioether (sulfide) groups is 1. The second-order valence-corrected chi connectivity index (χ2v) is 6.92. The number of carbonyl (C=O) groups is 1. The fourth-order valence-electron chi connectivity index (χ4n) is 2.65. The highest BCUT2D eigenvalue weighted by atomic mass is 32.2. The number of hydrogen-bond acceptors (Lipinski definition) is 5. The van der Waals surface area contributed by atoms with Crippen LogP contribution in [0.5, 0.6) is 5.75 Å². The molecule has 28 heavy (non-hydrogen) atoms. The summed E-state index contributed by atoms with van der Waals surface area (Å²) < 4.78 is 20.5. The van der Waals surface area contributed by atoms with Gasteiger partial charge in [-0.2, -0.15) is 0 Å². The number of aromatic nitrogens is 3. The molecule has 8 heteroatoms. The summed E-state index contributed by atoms with van der Waals surface area (Å²) in [4.78, 5) is 12.2. The smallest absolute Gasteiger partial charge is 0.230 e. The van der Waals surface area contributed by atoms with Crippen LogP contribution in [0.15, 0.2) is 53.7 Å². The van der Waals surface area contributed by atoms with E-state index in [9.17, 15) is 9.18 Å². The third-order valence-corrected chi connectivity index (χ3v) is 5.06. The lowest BCUT2D eigenvalue weighted by Gasteiger charge is -2.08. The van der Waals surface area contributed by atoms with Gasteiger partial charge in [0, 0.05) is 18.7 Å². The van der Waals surface area contributed by atoms with Crippen LogP contribution < -0.4 is 10.1 Å². The number of benzene rings is 2. The third-order valence-electron chi connectivity index (χ3n) is 4.10. The summed E-state index contributed by atoms with van der Waals surface area (Å²) in [5.41, 5.74) is 1.65. The minimum atomic E-state index is -0.324. The van der Waals surface area contributed by atoms with Crippen LogP contribution in [0.25, 0.3) is 11.4 Å². The Balaban J connectivity index is 1.58. The number of ether oxygens (including phenoxy) is 1. The Labute approximate surface area is 167 Å². The summed E-state index contributed by atoms with van der Waals surface area (Å²) >= 11 is 1.30. The van der Waals surface area contributed by atoms with E-state index in [1.165, 1.54) is 23.9 Å². The Morgan fingerprint density at radius 1 is 1.21 bits per heavy atom. The zero-order chi connectivity index (χ0) is 19.9. The molecule has 0 saturated carbocycles. The second kappa shape index (κ2) is 9.36. The lowest BCUT2D eigenvalue weighted by molar-refractivity contribution is -0.118. The number of rotatable bonds is 8. The molecule has 3 aromatic rings. The molecule has 0 saturated heterocycles. The standard InChI is InChI=1S/C20H21FN4O2S/c1-3-25-19(15-5-4-6-16(21)11-15)23-24-20(25)28-13-18(26)22-12-14-7-9-17(27-2)10-8-14/h4-11H,3,12-13H2,1-2H3,(H,22,26). The maximum absolute atomic E-state index is 13.5. The minimum absolute atomic E-state index is 0.0984. The van der Waals surface area contributed by atoms with Gasteiger partial charge in [0.1, 0.15) is 11.6 Å². The molecule has 1 amide bonds. The highest BCUT2D eigenvalue weighted by Gasteiger charge is 2.15. The molecule has 0 atom stereocenters. The Morgan fingerprint density at radius 2 is 2.00 bits per heavy atom. The Hall–Kier alpha value is -2.87. The highest BCUT2D eigenvalue weighted by Crippen LogP contribution is 2.24. The molecule has 0 radical (unpaired) electrons. The first kappa shape index (κ1) is 19.9. The number of nitrogens with zero attached hydrogens (tertiary/aromatic N) is 3. The molecule has 146 valence electrons. The van der Waals surface area contributed by atoms with Gasteiger partial charge in [0.2, 0.25) is 5.91 Å². The average Bonchev–Trinajstić information content (AvgIpc) is 3.14. The summed E-state index contributed by atoms with van der Waals surface area (Å²) in [6.45, 7) is 3.02. The van der Waals surface area contributed by atoms with E-state index in [4.69, 9.17) is 4.74 Å². The molecule has 0 aliphatic carbocycles. The van der Waals surface area contributed by atoms with Crippen molar-refractivity contribution >= 4 is 17.7 Å². The maximum Gasteiger partial charge on any atom is 0.230 e. The van der Waals surface area contributed by atoms with Crippen molar-refractivity contribution < 1.29 is 13.9 Å². The van der Waals surface area contributed by atoms with Crippen molar-refractivity contribution in [3.05, 3.63) is 59.9 Å². The quantitative estimate of drug-likeness (QED) is 0.586. The van der Waals surface area contributed by atoms with Gasteiger partial charge in [-0.05, 0) is 36.8 Å². The van der Waals surface area contributed by atoms with Crippen LogP contribution in [-0.4, -0.2) is 33.5 Å². The van der Waals surface area contributed by atoms with Crippen molar-refractivity contribution in [2.24, 2.45) is 0 Å². The first-order chi connectivity index (χ1) is 13.6. The zero-order valence-electron chi connectivity index (χ0n) is 15.7. The van der Waals surface area contributed by atoms with Gasteiger partial charge in [-0.15, -0.1) is 10.2 Å². The van der Waals surface area contributed by atoms with Gasteiger partial charge >= 0.3 is 0 Å². The van der Waals surface area contributed by atoms with Gasteiger partial charge in [-0.3, -0.25) is 4.79 Å². The number of hydrogen-bond donors (Lipinski definition) is 1. The molecular formula is C20H21FN4O2S. The van der Waals surface area contributed by atoms with Gasteiger partial charge in [0.05, 0.1) is 12.9 Å². The molecule has 0 spiro atoms. The summed E-state index contributed by atoms with van der Waals surface area (Å²) in [5, 5.41) is 11.8. The van der Waals surface area contributed by atoms with E-state index in [1.807, 2.05) is 35.8 Å². The molecule has 0 aliphatic rings. The van der Waals surface area contributed by atoms with E-state index >= 15 is 0 Å². The summed E-state index contributed by atoms with van der Waals surface area (Å²) in [6.07, 6.45) is 0. The molecule has 1 heterocycles. The van der Waals surface area contributed by atoms with E-state index in [-0.39, 0.29) is 17.5 Å². The third kappa shape index (κ3) is 4.89. The van der Waals surface area contributed by atoms with Crippen molar-refractivity contribution in [3.63, 3.8) is 0 Å².